The van der Waals surface area contributed by atoms with Crippen LogP contribution in [0.1, 0.15) is 39.7 Å². The monoisotopic (exact) mass is 528 g/mol. The molecule has 1 spiro atoms. The van der Waals surface area contributed by atoms with Crippen molar-refractivity contribution in [2.45, 2.75) is 64.4 Å². The minimum atomic E-state index is -1.41. The first kappa shape index (κ1) is 26.0. The van der Waals surface area contributed by atoms with Crippen molar-refractivity contribution >= 4 is 28.4 Å². The van der Waals surface area contributed by atoms with E-state index in [4.69, 9.17) is 4.74 Å². The van der Waals surface area contributed by atoms with Crippen LogP contribution in [0.5, 0.6) is 0 Å². The Hall–Kier alpha value is -3.29. The van der Waals surface area contributed by atoms with E-state index in [0.717, 1.165) is 22.5 Å². The van der Waals surface area contributed by atoms with Crippen LogP contribution in [0.2, 0.25) is 0 Å². The van der Waals surface area contributed by atoms with Gasteiger partial charge in [-0.2, -0.15) is 0 Å². The van der Waals surface area contributed by atoms with Crippen molar-refractivity contribution in [1.29, 1.82) is 0 Å². The predicted molar refractivity (Wildman–Crippen MR) is 148 cm³/mol. The second-order valence-corrected chi connectivity index (χ2v) is 12.1. The van der Waals surface area contributed by atoms with Gasteiger partial charge in [0.2, 0.25) is 5.91 Å². The minimum Gasteiger partial charge on any atom is -0.381 e. The van der Waals surface area contributed by atoms with Crippen LogP contribution in [0.4, 0.5) is 0 Å². The summed E-state index contributed by atoms with van der Waals surface area (Å²) in [4.78, 5) is 44.5. The quantitative estimate of drug-likeness (QED) is 0.312. The average Bonchev–Trinajstić information content (AvgIpc) is 3.31. The zero-order chi connectivity index (χ0) is 27.7. The summed E-state index contributed by atoms with van der Waals surface area (Å²) in [5, 5.41) is 14.9. The third-order valence-electron chi connectivity index (χ3n) is 9.86. The van der Waals surface area contributed by atoms with Crippen molar-refractivity contribution in [2.24, 2.45) is 29.1 Å². The number of allylic oxidation sites excluding steroid dienone is 3. The van der Waals surface area contributed by atoms with Crippen molar-refractivity contribution in [3.63, 3.8) is 0 Å². The first-order valence-corrected chi connectivity index (χ1v) is 13.9. The molecule has 2 aliphatic carbocycles. The summed E-state index contributed by atoms with van der Waals surface area (Å²) in [5.41, 5.74) is 0.805. The van der Waals surface area contributed by atoms with Gasteiger partial charge < -0.3 is 20.1 Å². The van der Waals surface area contributed by atoms with Gasteiger partial charge >= 0.3 is 0 Å². The highest BCUT2D eigenvalue weighted by atomic mass is 16.6. The molecule has 3 N–H and O–H groups in total. The molecule has 39 heavy (non-hydrogen) atoms. The number of hydrogen-bond acceptors (Lipinski definition) is 5. The van der Waals surface area contributed by atoms with E-state index in [2.05, 4.69) is 30.2 Å². The number of nitrogens with one attached hydrogen (secondary N) is 2. The highest BCUT2D eigenvalue weighted by molar-refractivity contribution is 6.15. The van der Waals surface area contributed by atoms with Gasteiger partial charge in [0.15, 0.2) is 11.6 Å². The largest absolute Gasteiger partial charge is 0.381 e. The van der Waals surface area contributed by atoms with Crippen LogP contribution < -0.4 is 5.32 Å². The van der Waals surface area contributed by atoms with Crippen LogP contribution in [0.3, 0.4) is 0 Å². The molecule has 1 saturated carbocycles. The summed E-state index contributed by atoms with van der Waals surface area (Å²) in [6.07, 6.45) is 9.89. The number of hydrogen-bond donors (Lipinski definition) is 3. The molecule has 1 aromatic carbocycles. The van der Waals surface area contributed by atoms with Gasteiger partial charge in [-0.25, -0.2) is 0 Å². The fourth-order valence-electron chi connectivity index (χ4n) is 7.66. The lowest BCUT2D eigenvalue weighted by Gasteiger charge is -2.45. The number of H-pyrrole nitrogens is 1. The predicted octanol–water partition coefficient (Wildman–Crippen LogP) is 3.83. The Kier molecular flexibility index (Phi) is 6.08. The van der Waals surface area contributed by atoms with Crippen molar-refractivity contribution < 1.29 is 24.2 Å². The molecule has 0 radical (unpaired) electrons. The van der Waals surface area contributed by atoms with Gasteiger partial charge in [0.25, 0.3) is 0 Å². The first-order chi connectivity index (χ1) is 18.6. The maximum absolute atomic E-state index is 14.2. The number of aliphatic hydroxyl groups is 1. The third-order valence-corrected chi connectivity index (χ3v) is 9.86. The Morgan fingerprint density at radius 2 is 1.90 bits per heavy atom. The molecule has 1 amide bonds. The number of aromatic amines is 1. The van der Waals surface area contributed by atoms with E-state index < -0.39 is 34.6 Å². The number of epoxide rings is 1. The number of ketones is 2. The number of aliphatic hydroxyl groups excluding tert-OH is 1. The fraction of sp³-hybridized carbons (Fsp3) is 0.469. The number of aromatic nitrogens is 1. The fourth-order valence-corrected chi connectivity index (χ4v) is 7.66. The van der Waals surface area contributed by atoms with Crippen LogP contribution in [0.25, 0.3) is 10.9 Å². The summed E-state index contributed by atoms with van der Waals surface area (Å²) in [6.45, 7) is 7.90. The van der Waals surface area contributed by atoms with Crippen molar-refractivity contribution in [2.75, 3.05) is 0 Å². The van der Waals surface area contributed by atoms with Gasteiger partial charge in [-0.3, -0.25) is 14.4 Å². The van der Waals surface area contributed by atoms with Crippen molar-refractivity contribution in [1.82, 2.24) is 10.3 Å². The molecule has 2 saturated heterocycles. The lowest BCUT2D eigenvalue weighted by atomic mass is 9.51. The number of carbonyl (C=O) groups is 3. The molecular formula is C32H36N2O5. The topological polar surface area (TPSA) is 112 Å². The number of rotatable bonds is 2. The lowest BCUT2D eigenvalue weighted by molar-refractivity contribution is -0.145. The number of carbonyl (C=O) groups excluding carboxylic acids is 3. The third kappa shape index (κ3) is 3.81. The molecule has 4 aliphatic rings. The molecule has 2 aliphatic heterocycles. The van der Waals surface area contributed by atoms with Gasteiger partial charge in [-0.05, 0) is 67.9 Å². The Morgan fingerprint density at radius 1 is 1.13 bits per heavy atom. The van der Waals surface area contributed by atoms with E-state index in [1.54, 1.807) is 6.92 Å². The van der Waals surface area contributed by atoms with Crippen molar-refractivity contribution in [3.05, 3.63) is 72.0 Å². The van der Waals surface area contributed by atoms with E-state index in [0.29, 0.717) is 18.4 Å². The molecule has 7 nitrogen and oxygen atoms in total. The van der Waals surface area contributed by atoms with Crippen LogP contribution in [-0.4, -0.2) is 51.4 Å². The van der Waals surface area contributed by atoms with E-state index in [1.807, 2.05) is 49.5 Å². The summed E-state index contributed by atoms with van der Waals surface area (Å²) in [5.74, 6) is -2.11. The number of fused-ring (bicyclic) bond motifs is 3. The zero-order valence-electron chi connectivity index (χ0n) is 22.8. The van der Waals surface area contributed by atoms with E-state index in [9.17, 15) is 19.5 Å². The van der Waals surface area contributed by atoms with Crippen LogP contribution >= 0.6 is 0 Å². The molecular weight excluding hydrogens is 492 g/mol. The van der Waals surface area contributed by atoms with E-state index in [-0.39, 0.29) is 35.8 Å². The second kappa shape index (κ2) is 9.14. The smallest absolute Gasteiger partial charge is 0.235 e. The normalized spacial score (nSPS) is 43.1. The molecule has 3 fully saturated rings. The number of para-hydroxylation sites is 1. The van der Waals surface area contributed by atoms with Gasteiger partial charge in [0.05, 0.1) is 11.7 Å². The Morgan fingerprint density at radius 3 is 2.69 bits per heavy atom. The molecule has 204 valence electrons. The molecule has 0 bridgehead atoms. The summed E-state index contributed by atoms with van der Waals surface area (Å²) >= 11 is 0. The summed E-state index contributed by atoms with van der Waals surface area (Å²) < 4.78 is 6.33. The first-order valence-electron chi connectivity index (χ1n) is 13.9. The SMILES string of the molecule is C/C1=C\[C@@H](C)C/C=C\[C@H]2[C@@H]3O[C@]3(C)[C@@H](C)[C@H]3[C@H](Cc4c[nH]c5ccccc45)NC(=O)[C@]32C(=O)/C=C\C(=O)[C@@H]1O. The summed E-state index contributed by atoms with van der Waals surface area (Å²) in [6, 6.07) is 7.77. The molecule has 6 rings (SSSR count). The maximum Gasteiger partial charge on any atom is 0.235 e. The maximum atomic E-state index is 14.2. The van der Waals surface area contributed by atoms with Crippen molar-refractivity contribution in [3.8, 4) is 0 Å². The van der Waals surface area contributed by atoms with Gasteiger partial charge in [-0.15, -0.1) is 0 Å². The number of amides is 1. The van der Waals surface area contributed by atoms with Gasteiger partial charge in [0.1, 0.15) is 11.5 Å². The molecule has 7 heteroatoms. The number of ether oxygens (including phenoxy) is 1. The molecule has 9 atom stereocenters. The molecule has 1 aromatic heterocycles. The van der Waals surface area contributed by atoms with Crippen LogP contribution in [-0.2, 0) is 25.5 Å². The lowest BCUT2D eigenvalue weighted by Crippen LogP contribution is -2.58. The highest BCUT2D eigenvalue weighted by Gasteiger charge is 2.78. The molecule has 0 unspecified atom stereocenters. The molecule has 2 aromatic rings. The Balaban J connectivity index is 1.46. The minimum absolute atomic E-state index is 0.0666. The average molecular weight is 529 g/mol. The number of benzene rings is 1. The van der Waals surface area contributed by atoms with Crippen LogP contribution in [0.15, 0.2) is 66.4 Å². The van der Waals surface area contributed by atoms with Gasteiger partial charge in [0, 0.05) is 35.0 Å². The summed E-state index contributed by atoms with van der Waals surface area (Å²) in [7, 11) is 0. The second-order valence-electron chi connectivity index (χ2n) is 12.1. The van der Waals surface area contributed by atoms with Gasteiger partial charge in [-0.1, -0.05) is 50.3 Å². The highest BCUT2D eigenvalue weighted by Crippen LogP contribution is 2.66. The van der Waals surface area contributed by atoms with E-state index >= 15 is 0 Å². The van der Waals surface area contributed by atoms with E-state index in [1.165, 1.54) is 6.08 Å². The Labute approximate surface area is 228 Å². The zero-order valence-corrected chi connectivity index (χ0v) is 22.8. The van der Waals surface area contributed by atoms with Crippen LogP contribution in [0, 0.1) is 29.1 Å². The standard InChI is InChI=1S/C32H36N2O5/c1-17-8-7-10-22-29-31(4,39-29)19(3)27-24(15-20-16-33-23-11-6-5-9-21(20)23)34-30(38)32(22,27)26(36)13-12-25(35)28(37)18(2)14-17/h5-7,9-14,16-17,19,22,24,27-29,33,37H,8,15H2,1-4H3,(H,34,38)/b10-7-,13-12-,18-14+/t17-,19-,22-,24-,27-,28+,29-,31+,32+/m0/s1. The Bertz CT molecular complexity index is 1450. The molecule has 3 heterocycles.